The normalized spacial score (nSPS) is 30.2. The van der Waals surface area contributed by atoms with E-state index < -0.39 is 17.8 Å². The third-order valence-electron chi connectivity index (χ3n) is 4.97. The van der Waals surface area contributed by atoms with Gasteiger partial charge in [0.05, 0.1) is 17.9 Å². The van der Waals surface area contributed by atoms with Crippen molar-refractivity contribution in [2.75, 3.05) is 0 Å². The van der Waals surface area contributed by atoms with E-state index in [4.69, 9.17) is 0 Å². The van der Waals surface area contributed by atoms with Crippen LogP contribution in [0.25, 0.3) is 0 Å². The van der Waals surface area contributed by atoms with Crippen LogP contribution < -0.4 is 5.32 Å². The van der Waals surface area contributed by atoms with Gasteiger partial charge in [0.25, 0.3) is 0 Å². The van der Waals surface area contributed by atoms with Crippen molar-refractivity contribution in [3.8, 4) is 0 Å². The number of amides is 1. The van der Waals surface area contributed by atoms with Crippen LogP contribution in [-0.2, 0) is 9.59 Å². The van der Waals surface area contributed by atoms with Gasteiger partial charge in [-0.2, -0.15) is 0 Å². The molecule has 2 bridgehead atoms. The van der Waals surface area contributed by atoms with Gasteiger partial charge in [-0.25, -0.2) is 0 Å². The maximum atomic E-state index is 12.7. The largest absolute Gasteiger partial charge is 0.481 e. The van der Waals surface area contributed by atoms with Crippen LogP contribution >= 0.6 is 0 Å². The number of hydrogen-bond donors (Lipinski definition) is 2. The first-order valence-electron chi connectivity index (χ1n) is 7.88. The molecule has 4 nitrogen and oxygen atoms in total. The molecule has 0 spiro atoms. The Morgan fingerprint density at radius 2 is 1.82 bits per heavy atom. The highest BCUT2D eigenvalue weighted by Crippen LogP contribution is 2.48. The molecule has 116 valence electrons. The second-order valence-electron chi connectivity index (χ2n) is 6.22. The number of carbonyl (C=O) groups excluding carboxylic acids is 1. The van der Waals surface area contributed by atoms with Crippen molar-refractivity contribution in [1.82, 2.24) is 5.32 Å². The van der Waals surface area contributed by atoms with Gasteiger partial charge in [0, 0.05) is 0 Å². The number of allylic oxidation sites excluding steroid dienone is 2. The third-order valence-corrected chi connectivity index (χ3v) is 4.97. The molecule has 4 heteroatoms. The molecule has 1 saturated carbocycles. The number of benzene rings is 1. The lowest BCUT2D eigenvalue weighted by molar-refractivity contribution is -0.148. The monoisotopic (exact) mass is 299 g/mol. The predicted octanol–water partition coefficient (Wildman–Crippen LogP) is 2.78. The Morgan fingerprint density at radius 3 is 2.41 bits per heavy atom. The van der Waals surface area contributed by atoms with Crippen molar-refractivity contribution in [3.05, 3.63) is 48.0 Å². The second kappa shape index (κ2) is 5.95. The van der Waals surface area contributed by atoms with Crippen LogP contribution in [0.5, 0.6) is 0 Å². The summed E-state index contributed by atoms with van der Waals surface area (Å²) in [6, 6.07) is 9.76. The average molecular weight is 299 g/mol. The third kappa shape index (κ3) is 2.54. The summed E-state index contributed by atoms with van der Waals surface area (Å²) in [4.78, 5) is 24.2. The van der Waals surface area contributed by atoms with Gasteiger partial charge in [-0.05, 0) is 30.2 Å². The number of fused-ring (bicyclic) bond motifs is 2. The van der Waals surface area contributed by atoms with E-state index in [2.05, 4.69) is 5.32 Å². The molecular formula is C18H21NO3. The summed E-state index contributed by atoms with van der Waals surface area (Å²) in [7, 11) is 0. The Labute approximate surface area is 130 Å². The standard InChI is InChI=1S/C18H21NO3/c1-2-14(11-6-4-3-5-7-11)19-17(20)15-12-8-9-13(10-12)16(15)18(21)22/h3-9,12-16H,2,10H2,1H3,(H,19,20)(H,21,22)/t12-,13-,14-,15+,16+/m0/s1. The summed E-state index contributed by atoms with van der Waals surface area (Å²) < 4.78 is 0. The van der Waals surface area contributed by atoms with Gasteiger partial charge in [-0.1, -0.05) is 49.4 Å². The molecular weight excluding hydrogens is 278 g/mol. The van der Waals surface area contributed by atoms with Crippen molar-refractivity contribution in [1.29, 1.82) is 0 Å². The van der Waals surface area contributed by atoms with Crippen LogP contribution in [0, 0.1) is 23.7 Å². The summed E-state index contributed by atoms with van der Waals surface area (Å²) in [5.74, 6) is -1.92. The number of carboxylic acid groups (broad SMARTS) is 1. The molecule has 1 aromatic carbocycles. The van der Waals surface area contributed by atoms with Crippen LogP contribution in [0.15, 0.2) is 42.5 Å². The highest BCUT2D eigenvalue weighted by atomic mass is 16.4. The maximum Gasteiger partial charge on any atom is 0.307 e. The van der Waals surface area contributed by atoms with Crippen molar-refractivity contribution >= 4 is 11.9 Å². The fourth-order valence-corrected chi connectivity index (χ4v) is 3.89. The van der Waals surface area contributed by atoms with Crippen LogP contribution in [0.3, 0.4) is 0 Å². The lowest BCUT2D eigenvalue weighted by Crippen LogP contribution is -2.41. The molecule has 0 radical (unpaired) electrons. The minimum atomic E-state index is -0.857. The summed E-state index contributed by atoms with van der Waals surface area (Å²) in [5.41, 5.74) is 1.06. The van der Waals surface area contributed by atoms with Gasteiger partial charge in [-0.3, -0.25) is 9.59 Å². The first-order chi connectivity index (χ1) is 10.6. The van der Waals surface area contributed by atoms with Crippen molar-refractivity contribution in [2.24, 2.45) is 23.7 Å². The molecule has 2 aliphatic rings. The van der Waals surface area contributed by atoms with E-state index >= 15 is 0 Å². The number of hydrogen-bond acceptors (Lipinski definition) is 2. The van der Waals surface area contributed by atoms with Gasteiger partial charge in [0.15, 0.2) is 0 Å². The molecule has 1 amide bonds. The second-order valence-corrected chi connectivity index (χ2v) is 6.22. The van der Waals surface area contributed by atoms with E-state index in [9.17, 15) is 14.7 Å². The molecule has 22 heavy (non-hydrogen) atoms. The van der Waals surface area contributed by atoms with Crippen molar-refractivity contribution in [2.45, 2.75) is 25.8 Å². The van der Waals surface area contributed by atoms with Crippen LogP contribution in [-0.4, -0.2) is 17.0 Å². The molecule has 0 heterocycles. The fraction of sp³-hybridized carbons (Fsp3) is 0.444. The summed E-state index contributed by atoms with van der Waals surface area (Å²) in [6.45, 7) is 2.02. The van der Waals surface area contributed by atoms with Crippen molar-refractivity contribution < 1.29 is 14.7 Å². The first-order valence-corrected chi connectivity index (χ1v) is 7.88. The van der Waals surface area contributed by atoms with Gasteiger partial charge in [-0.15, -0.1) is 0 Å². The molecule has 2 N–H and O–H groups in total. The van der Waals surface area contributed by atoms with Crippen LogP contribution in [0.1, 0.15) is 31.4 Å². The van der Waals surface area contributed by atoms with Gasteiger partial charge < -0.3 is 10.4 Å². The molecule has 0 unspecified atom stereocenters. The van der Waals surface area contributed by atoms with Crippen LogP contribution in [0.2, 0.25) is 0 Å². The minimum absolute atomic E-state index is 0.00931. The lowest BCUT2D eigenvalue weighted by atomic mass is 9.82. The quantitative estimate of drug-likeness (QED) is 0.822. The van der Waals surface area contributed by atoms with Gasteiger partial charge >= 0.3 is 5.97 Å². The smallest absolute Gasteiger partial charge is 0.307 e. The van der Waals surface area contributed by atoms with E-state index in [1.807, 2.05) is 49.4 Å². The highest BCUT2D eigenvalue weighted by molar-refractivity contribution is 5.87. The number of carboxylic acids is 1. The number of rotatable bonds is 5. The van der Waals surface area contributed by atoms with E-state index in [1.54, 1.807) is 0 Å². The zero-order valence-corrected chi connectivity index (χ0v) is 12.6. The van der Waals surface area contributed by atoms with Gasteiger partial charge in [0.1, 0.15) is 0 Å². The number of aliphatic carboxylic acids is 1. The van der Waals surface area contributed by atoms with E-state index in [0.717, 1.165) is 18.4 Å². The molecule has 1 fully saturated rings. The molecule has 2 aliphatic carbocycles. The fourth-order valence-electron chi connectivity index (χ4n) is 3.89. The van der Waals surface area contributed by atoms with Crippen molar-refractivity contribution in [3.63, 3.8) is 0 Å². The van der Waals surface area contributed by atoms with E-state index in [-0.39, 0.29) is 23.8 Å². The molecule has 0 aliphatic heterocycles. The topological polar surface area (TPSA) is 66.4 Å². The average Bonchev–Trinajstić information content (AvgIpc) is 3.14. The Balaban J connectivity index is 1.76. The maximum absolute atomic E-state index is 12.7. The zero-order chi connectivity index (χ0) is 15.7. The number of nitrogens with one attached hydrogen (secondary N) is 1. The highest BCUT2D eigenvalue weighted by Gasteiger charge is 2.51. The summed E-state index contributed by atoms with van der Waals surface area (Å²) in [6.07, 6.45) is 5.54. The summed E-state index contributed by atoms with van der Waals surface area (Å²) in [5, 5.41) is 12.5. The van der Waals surface area contributed by atoms with E-state index in [0.29, 0.717) is 0 Å². The molecule has 0 saturated heterocycles. The minimum Gasteiger partial charge on any atom is -0.481 e. The Hall–Kier alpha value is -2.10. The Kier molecular flexibility index (Phi) is 4.01. The first kappa shape index (κ1) is 14.8. The lowest BCUT2D eigenvalue weighted by Gasteiger charge is -2.26. The predicted molar refractivity (Wildman–Crippen MR) is 83.0 cm³/mol. The molecule has 0 aromatic heterocycles. The summed E-state index contributed by atoms with van der Waals surface area (Å²) >= 11 is 0. The zero-order valence-electron chi connectivity index (χ0n) is 12.6. The molecule has 1 aromatic rings. The Bertz CT molecular complexity index is 596. The van der Waals surface area contributed by atoms with Gasteiger partial charge in [0.2, 0.25) is 5.91 Å². The number of carbonyl (C=O) groups is 2. The molecule has 3 rings (SSSR count). The van der Waals surface area contributed by atoms with E-state index in [1.165, 1.54) is 0 Å². The molecule has 5 atom stereocenters. The Morgan fingerprint density at radius 1 is 1.18 bits per heavy atom. The SMILES string of the molecule is CC[C@H](NC(=O)[C@H]1[C@H](C(=O)O)[C@H]2C=C[C@H]1C2)c1ccccc1. The van der Waals surface area contributed by atoms with Crippen LogP contribution in [0.4, 0.5) is 0 Å².